The van der Waals surface area contributed by atoms with Gasteiger partial charge in [-0.25, -0.2) is 20.8 Å². The van der Waals surface area contributed by atoms with E-state index in [9.17, 15) is 14.4 Å². The minimum absolute atomic E-state index is 0.277. The SMILES string of the molecule is CCc1nc(C)sc1C(=O)Nc1nc2cc(C=O)cc(SC)c2n1C/C=C/Cn1c(NC)nc2cc(C(=O)NN)cc(OCCCN3CCNCC3)c21. The number of piperazine rings is 1. The Morgan fingerprint density at radius 1 is 1.02 bits per heavy atom. The third-order valence-electron chi connectivity index (χ3n) is 9.01. The van der Waals surface area contributed by atoms with Crippen molar-refractivity contribution in [1.82, 2.24) is 39.7 Å². The van der Waals surface area contributed by atoms with Crippen LogP contribution in [0.25, 0.3) is 22.1 Å². The second-order valence-corrected chi connectivity index (χ2v) is 14.5. The van der Waals surface area contributed by atoms with E-state index >= 15 is 0 Å². The number of hydrogen-bond donors (Lipinski definition) is 5. The molecule has 0 spiro atoms. The number of hydrazine groups is 1. The fourth-order valence-electron chi connectivity index (χ4n) is 6.48. The molecule has 280 valence electrons. The summed E-state index contributed by atoms with van der Waals surface area (Å²) in [7, 11) is 1.79. The second-order valence-electron chi connectivity index (χ2n) is 12.4. The van der Waals surface area contributed by atoms with Crippen molar-refractivity contribution in [2.75, 3.05) is 63.3 Å². The number of amides is 2. The number of nitrogen functional groups attached to an aromatic ring is 1. The number of hydrogen-bond acceptors (Lipinski definition) is 13. The minimum Gasteiger partial charge on any atom is -0.491 e. The zero-order chi connectivity index (χ0) is 37.5. The summed E-state index contributed by atoms with van der Waals surface area (Å²) in [6.07, 6.45) is 8.21. The number of carbonyl (C=O) groups is 3. The maximum atomic E-state index is 13.5. The van der Waals surface area contributed by atoms with Crippen LogP contribution in [0.1, 0.15) is 54.4 Å². The highest BCUT2D eigenvalue weighted by Crippen LogP contribution is 2.33. The molecule has 1 aliphatic heterocycles. The number of benzene rings is 2. The van der Waals surface area contributed by atoms with E-state index in [4.69, 9.17) is 20.5 Å². The number of thiazole rings is 1. The van der Waals surface area contributed by atoms with E-state index in [1.165, 1.54) is 23.1 Å². The first-order valence-corrected chi connectivity index (χ1v) is 19.6. The number of ether oxygens (including phenoxy) is 1. The van der Waals surface area contributed by atoms with Crippen LogP contribution in [-0.4, -0.2) is 99.7 Å². The number of nitrogens with zero attached hydrogens (tertiary/aromatic N) is 6. The number of thioether (sulfide) groups is 1. The molecule has 4 heterocycles. The molecule has 0 radical (unpaired) electrons. The van der Waals surface area contributed by atoms with E-state index in [0.29, 0.717) is 70.8 Å². The fraction of sp³-hybridized carbons (Fsp3) is 0.389. The third kappa shape index (κ3) is 8.39. The molecule has 2 amide bonds. The number of fused-ring (bicyclic) bond motifs is 2. The Kier molecular flexibility index (Phi) is 12.4. The third-order valence-corrected chi connectivity index (χ3v) is 10.8. The van der Waals surface area contributed by atoms with Gasteiger partial charge in [-0.3, -0.25) is 25.1 Å². The molecule has 2 aromatic carbocycles. The van der Waals surface area contributed by atoms with Crippen molar-refractivity contribution in [2.45, 2.75) is 44.7 Å². The topological polar surface area (TPSA) is 186 Å². The highest BCUT2D eigenvalue weighted by molar-refractivity contribution is 7.98. The van der Waals surface area contributed by atoms with Gasteiger partial charge in [0.25, 0.3) is 11.8 Å². The molecule has 1 fully saturated rings. The lowest BCUT2D eigenvalue weighted by molar-refractivity contribution is 0.0952. The summed E-state index contributed by atoms with van der Waals surface area (Å²) in [6.45, 7) is 10.0. The van der Waals surface area contributed by atoms with Gasteiger partial charge in [-0.2, -0.15) is 0 Å². The summed E-state index contributed by atoms with van der Waals surface area (Å²) in [5, 5.41) is 10.4. The van der Waals surface area contributed by atoms with Gasteiger partial charge in [-0.1, -0.05) is 19.1 Å². The monoisotopic (exact) mass is 759 g/mol. The van der Waals surface area contributed by atoms with Crippen LogP contribution >= 0.6 is 23.1 Å². The number of imidazole rings is 2. The van der Waals surface area contributed by atoms with Crippen molar-refractivity contribution >= 4 is 75.2 Å². The average Bonchev–Trinajstić information content (AvgIpc) is 3.86. The lowest BCUT2D eigenvalue weighted by Crippen LogP contribution is -2.43. The molecule has 0 bridgehead atoms. The van der Waals surface area contributed by atoms with Crippen LogP contribution in [0, 0.1) is 6.92 Å². The second kappa shape index (κ2) is 17.3. The normalized spacial score (nSPS) is 13.6. The largest absolute Gasteiger partial charge is 0.491 e. The Balaban J connectivity index is 1.29. The minimum atomic E-state index is -0.435. The van der Waals surface area contributed by atoms with Gasteiger partial charge >= 0.3 is 0 Å². The van der Waals surface area contributed by atoms with Gasteiger partial charge in [0.1, 0.15) is 22.4 Å². The number of aldehydes is 1. The molecule has 0 saturated carbocycles. The van der Waals surface area contributed by atoms with E-state index in [-0.39, 0.29) is 5.91 Å². The predicted octanol–water partition coefficient (Wildman–Crippen LogP) is 4.08. The van der Waals surface area contributed by atoms with E-state index in [0.717, 1.165) is 72.1 Å². The summed E-state index contributed by atoms with van der Waals surface area (Å²) in [4.78, 5) is 55.8. The van der Waals surface area contributed by atoms with Crippen LogP contribution in [-0.2, 0) is 19.5 Å². The van der Waals surface area contributed by atoms with E-state index in [1.807, 2.05) is 47.5 Å². The van der Waals surface area contributed by atoms with E-state index < -0.39 is 5.91 Å². The highest BCUT2D eigenvalue weighted by atomic mass is 32.2. The van der Waals surface area contributed by atoms with Crippen LogP contribution < -0.4 is 32.0 Å². The number of anilines is 2. The van der Waals surface area contributed by atoms with Crippen LogP contribution in [0.3, 0.4) is 0 Å². The molecular weight excluding hydrogens is 715 g/mol. The molecule has 0 atom stereocenters. The van der Waals surface area contributed by atoms with Crippen molar-refractivity contribution in [3.05, 3.63) is 63.1 Å². The maximum absolute atomic E-state index is 13.5. The summed E-state index contributed by atoms with van der Waals surface area (Å²) < 4.78 is 10.3. The summed E-state index contributed by atoms with van der Waals surface area (Å²) in [6, 6.07) is 6.96. The van der Waals surface area contributed by atoms with Crippen LogP contribution in [0.5, 0.6) is 5.75 Å². The lowest BCUT2D eigenvalue weighted by atomic mass is 10.1. The average molecular weight is 760 g/mol. The Morgan fingerprint density at radius 2 is 1.74 bits per heavy atom. The first-order valence-electron chi connectivity index (χ1n) is 17.5. The van der Waals surface area contributed by atoms with Gasteiger partial charge < -0.3 is 29.4 Å². The van der Waals surface area contributed by atoms with Crippen molar-refractivity contribution in [3.8, 4) is 5.75 Å². The quantitative estimate of drug-likeness (QED) is 0.0185. The first-order chi connectivity index (χ1) is 25.8. The van der Waals surface area contributed by atoms with Crippen molar-refractivity contribution in [1.29, 1.82) is 0 Å². The van der Waals surface area contributed by atoms with Crippen molar-refractivity contribution in [2.24, 2.45) is 5.84 Å². The van der Waals surface area contributed by atoms with Gasteiger partial charge in [0.2, 0.25) is 11.9 Å². The van der Waals surface area contributed by atoms with Crippen LogP contribution in [0.2, 0.25) is 0 Å². The molecule has 6 N–H and O–H groups in total. The fourth-order valence-corrected chi connectivity index (χ4v) is 8.05. The molecule has 15 nitrogen and oxygen atoms in total. The Bertz CT molecular complexity index is 2150. The molecule has 5 aromatic rings. The maximum Gasteiger partial charge on any atom is 0.269 e. The van der Waals surface area contributed by atoms with Gasteiger partial charge in [-0.05, 0) is 50.3 Å². The Hall–Kier alpha value is -4.81. The number of allylic oxidation sites excluding steroid dienone is 2. The van der Waals surface area contributed by atoms with Crippen LogP contribution in [0.15, 0.2) is 41.3 Å². The molecule has 17 heteroatoms. The number of aryl methyl sites for hydroxylation is 2. The lowest BCUT2D eigenvalue weighted by Gasteiger charge is -2.27. The van der Waals surface area contributed by atoms with Crippen LogP contribution in [0.4, 0.5) is 11.9 Å². The smallest absolute Gasteiger partial charge is 0.269 e. The standard InChI is InChI=1S/C36H45N11O4S2/c1-5-25-32(53-22(2)40-25)34(50)43-36-42-26-17-23(21-48)18-29(52-4)31(26)47(36)13-7-6-12-46-30-27(41-35(46)38-3)19-24(33(49)44-37)20-28(30)51-16-8-11-45-14-9-39-10-15-45/h6-7,17-21,39H,5,8-16,37H2,1-4H3,(H,38,41)(H,44,49)(H,42,43,50)/b7-6+. The zero-order valence-corrected chi connectivity index (χ0v) is 32.0. The zero-order valence-electron chi connectivity index (χ0n) is 30.3. The molecular formula is C36H45N11O4S2. The number of aromatic nitrogens is 5. The molecule has 3 aromatic heterocycles. The summed E-state index contributed by atoms with van der Waals surface area (Å²) in [5.74, 6) is 6.28. The number of nitrogens with two attached hydrogens (primary N) is 1. The summed E-state index contributed by atoms with van der Waals surface area (Å²) >= 11 is 2.86. The highest BCUT2D eigenvalue weighted by Gasteiger charge is 2.22. The van der Waals surface area contributed by atoms with E-state index in [1.54, 1.807) is 25.2 Å². The van der Waals surface area contributed by atoms with Crippen molar-refractivity contribution in [3.63, 3.8) is 0 Å². The number of carbonyl (C=O) groups excluding carboxylic acids is 3. The van der Waals surface area contributed by atoms with Gasteiger partial charge in [0.05, 0.1) is 33.9 Å². The van der Waals surface area contributed by atoms with E-state index in [2.05, 4.69) is 31.3 Å². The van der Waals surface area contributed by atoms with Crippen molar-refractivity contribution < 1.29 is 19.1 Å². The number of nitrogens with one attached hydrogen (secondary N) is 4. The predicted molar refractivity (Wildman–Crippen MR) is 211 cm³/mol. The molecule has 1 saturated heterocycles. The number of rotatable bonds is 16. The molecule has 0 aliphatic carbocycles. The molecule has 6 rings (SSSR count). The van der Waals surface area contributed by atoms with Gasteiger partial charge in [0, 0.05) is 68.9 Å². The van der Waals surface area contributed by atoms with Gasteiger partial charge in [0.15, 0.2) is 0 Å². The summed E-state index contributed by atoms with van der Waals surface area (Å²) in [5.41, 5.74) is 6.56. The molecule has 0 unspecified atom stereocenters. The molecule has 53 heavy (non-hydrogen) atoms. The molecule has 1 aliphatic rings. The Labute approximate surface area is 315 Å². The Morgan fingerprint density at radius 3 is 2.42 bits per heavy atom. The van der Waals surface area contributed by atoms with Gasteiger partial charge in [-0.15, -0.1) is 23.1 Å². The first kappa shape index (κ1) is 37.9.